The third kappa shape index (κ3) is 7.86. The van der Waals surface area contributed by atoms with E-state index in [4.69, 9.17) is 4.74 Å². The van der Waals surface area contributed by atoms with Crippen molar-refractivity contribution in [1.29, 1.82) is 0 Å². The molecule has 0 fully saturated rings. The molecule has 0 aliphatic carbocycles. The Morgan fingerprint density at radius 2 is 1.86 bits per heavy atom. The molecule has 156 valence electrons. The molecule has 3 N–H and O–H groups in total. The van der Waals surface area contributed by atoms with Gasteiger partial charge in [-0.05, 0) is 48.2 Å². The molecule has 29 heavy (non-hydrogen) atoms. The smallest absolute Gasteiger partial charge is 0.251 e. The van der Waals surface area contributed by atoms with Crippen LogP contribution in [0.2, 0.25) is 0 Å². The number of hydrogen-bond acceptors (Lipinski definition) is 3. The molecule has 2 rings (SSSR count). The minimum atomic E-state index is -0.0711. The highest BCUT2D eigenvalue weighted by molar-refractivity contribution is 5.94. The predicted octanol–water partition coefficient (Wildman–Crippen LogP) is 3.13. The van der Waals surface area contributed by atoms with Gasteiger partial charge in [-0.25, -0.2) is 0 Å². The van der Waals surface area contributed by atoms with E-state index >= 15 is 0 Å². The van der Waals surface area contributed by atoms with Gasteiger partial charge < -0.3 is 20.7 Å². The largest absolute Gasteiger partial charge is 0.494 e. The Labute approximate surface area is 173 Å². The first kappa shape index (κ1) is 22.3. The van der Waals surface area contributed by atoms with Crippen LogP contribution in [-0.2, 0) is 13.0 Å². The van der Waals surface area contributed by atoms with Crippen molar-refractivity contribution in [2.45, 2.75) is 32.7 Å². The highest BCUT2D eigenvalue weighted by Gasteiger charge is 2.04. The molecule has 2 aromatic carbocycles. The van der Waals surface area contributed by atoms with Crippen molar-refractivity contribution >= 4 is 11.9 Å². The van der Waals surface area contributed by atoms with Crippen LogP contribution < -0.4 is 20.7 Å². The molecular formula is C23H32N4O2. The summed E-state index contributed by atoms with van der Waals surface area (Å²) in [5.41, 5.74) is 2.92. The molecule has 1 amide bonds. The van der Waals surface area contributed by atoms with Crippen LogP contribution in [0.15, 0.2) is 53.5 Å². The van der Waals surface area contributed by atoms with Gasteiger partial charge in [-0.2, -0.15) is 0 Å². The second-order valence-corrected chi connectivity index (χ2v) is 6.73. The normalized spacial score (nSPS) is 11.1. The number of benzene rings is 2. The molecule has 0 unspecified atom stereocenters. The summed E-state index contributed by atoms with van der Waals surface area (Å²) < 4.78 is 5.77. The highest BCUT2D eigenvalue weighted by Crippen LogP contribution is 2.13. The van der Waals surface area contributed by atoms with Crippen LogP contribution >= 0.6 is 0 Å². The van der Waals surface area contributed by atoms with Gasteiger partial charge in [0.05, 0.1) is 6.61 Å². The number of ether oxygens (including phenoxy) is 1. The maximum Gasteiger partial charge on any atom is 0.251 e. The monoisotopic (exact) mass is 396 g/mol. The summed E-state index contributed by atoms with van der Waals surface area (Å²) in [5, 5.41) is 9.29. The lowest BCUT2D eigenvalue weighted by molar-refractivity contribution is 0.0963. The Morgan fingerprint density at radius 3 is 2.62 bits per heavy atom. The minimum absolute atomic E-state index is 0.0711. The van der Waals surface area contributed by atoms with Crippen LogP contribution in [-0.4, -0.2) is 39.1 Å². The Morgan fingerprint density at radius 1 is 1.07 bits per heavy atom. The average Bonchev–Trinajstić information content (AvgIpc) is 2.76. The molecular weight excluding hydrogens is 364 g/mol. The van der Waals surface area contributed by atoms with Crippen LogP contribution in [0.1, 0.15) is 41.3 Å². The Kier molecular flexibility index (Phi) is 9.55. The molecule has 0 saturated carbocycles. The first-order chi connectivity index (χ1) is 14.2. The quantitative estimate of drug-likeness (QED) is 0.328. The molecule has 0 bridgehead atoms. The molecule has 0 saturated heterocycles. The number of aliphatic imine (C=N–C) groups is 1. The van der Waals surface area contributed by atoms with Crippen molar-refractivity contribution in [3.8, 4) is 5.75 Å². The molecule has 0 radical (unpaired) electrons. The number of guanidine groups is 1. The number of unbranched alkanes of at least 4 members (excludes halogenated alkanes) is 1. The summed E-state index contributed by atoms with van der Waals surface area (Å²) in [6.45, 7) is 4.28. The summed E-state index contributed by atoms with van der Waals surface area (Å²) in [6, 6.07) is 15.8. The van der Waals surface area contributed by atoms with Crippen LogP contribution in [0.4, 0.5) is 0 Å². The maximum atomic E-state index is 11.7. The highest BCUT2D eigenvalue weighted by atomic mass is 16.5. The van der Waals surface area contributed by atoms with Crippen molar-refractivity contribution in [1.82, 2.24) is 16.0 Å². The first-order valence-corrected chi connectivity index (χ1v) is 10.1. The second-order valence-electron chi connectivity index (χ2n) is 6.73. The van der Waals surface area contributed by atoms with Gasteiger partial charge in [0.2, 0.25) is 0 Å². The van der Waals surface area contributed by atoms with E-state index in [2.05, 4.69) is 40.0 Å². The number of hydrogen-bond donors (Lipinski definition) is 3. The van der Waals surface area contributed by atoms with E-state index in [1.54, 1.807) is 14.1 Å². The Bertz CT molecular complexity index is 805. The summed E-state index contributed by atoms with van der Waals surface area (Å²) in [7, 11) is 3.39. The third-order valence-corrected chi connectivity index (χ3v) is 4.47. The van der Waals surface area contributed by atoms with Gasteiger partial charge in [-0.15, -0.1) is 0 Å². The summed E-state index contributed by atoms with van der Waals surface area (Å²) in [5.74, 6) is 1.57. The van der Waals surface area contributed by atoms with Gasteiger partial charge in [0.15, 0.2) is 5.96 Å². The van der Waals surface area contributed by atoms with E-state index in [0.717, 1.165) is 55.3 Å². The number of amides is 1. The number of carbonyl (C=O) groups excluding carboxylic acids is 1. The first-order valence-electron chi connectivity index (χ1n) is 10.1. The molecule has 0 aliphatic heterocycles. The Balaban J connectivity index is 1.80. The van der Waals surface area contributed by atoms with E-state index < -0.39 is 0 Å². The zero-order chi connectivity index (χ0) is 20.9. The third-order valence-electron chi connectivity index (χ3n) is 4.47. The zero-order valence-electron chi connectivity index (χ0n) is 17.6. The van der Waals surface area contributed by atoms with Gasteiger partial charge in [-0.3, -0.25) is 9.79 Å². The van der Waals surface area contributed by atoms with E-state index in [0.29, 0.717) is 12.1 Å². The predicted molar refractivity (Wildman–Crippen MR) is 119 cm³/mol. The van der Waals surface area contributed by atoms with E-state index in [9.17, 15) is 4.79 Å². The molecule has 0 heterocycles. The molecule has 0 spiro atoms. The van der Waals surface area contributed by atoms with Gasteiger partial charge in [-0.1, -0.05) is 37.6 Å². The van der Waals surface area contributed by atoms with Crippen molar-refractivity contribution in [3.05, 3.63) is 65.2 Å². The van der Waals surface area contributed by atoms with Crippen LogP contribution in [0, 0.1) is 0 Å². The molecule has 6 nitrogen and oxygen atoms in total. The van der Waals surface area contributed by atoms with Gasteiger partial charge in [0.1, 0.15) is 5.75 Å². The van der Waals surface area contributed by atoms with Crippen molar-refractivity contribution < 1.29 is 9.53 Å². The molecule has 0 atom stereocenters. The number of nitrogens with one attached hydrogen (secondary N) is 3. The lowest BCUT2D eigenvalue weighted by atomic mass is 10.1. The fraction of sp³-hybridized carbons (Fsp3) is 0.391. The van der Waals surface area contributed by atoms with E-state index in [-0.39, 0.29) is 5.91 Å². The lowest BCUT2D eigenvalue weighted by Crippen LogP contribution is -2.37. The Hall–Kier alpha value is -3.02. The standard InChI is InChI=1S/C23H32N4O2/c1-4-5-14-29-21-11-7-9-19(16-21)17-27-23(25-3)26-13-12-18-8-6-10-20(15-18)22(28)24-2/h6-11,15-16H,4-5,12-14,17H2,1-3H3,(H,24,28)(H2,25,26,27). The summed E-state index contributed by atoms with van der Waals surface area (Å²) in [6.07, 6.45) is 2.98. The van der Waals surface area contributed by atoms with Crippen molar-refractivity contribution in [2.24, 2.45) is 4.99 Å². The van der Waals surface area contributed by atoms with Gasteiger partial charge in [0, 0.05) is 32.7 Å². The molecule has 2 aromatic rings. The zero-order valence-corrected chi connectivity index (χ0v) is 17.6. The second kappa shape index (κ2) is 12.4. The summed E-state index contributed by atoms with van der Waals surface area (Å²) >= 11 is 0. The van der Waals surface area contributed by atoms with Gasteiger partial charge in [0.25, 0.3) is 5.91 Å². The number of rotatable bonds is 10. The molecule has 0 aliphatic rings. The molecule has 6 heteroatoms. The van der Waals surface area contributed by atoms with Crippen LogP contribution in [0.25, 0.3) is 0 Å². The lowest BCUT2D eigenvalue weighted by Gasteiger charge is -2.13. The van der Waals surface area contributed by atoms with Crippen molar-refractivity contribution in [2.75, 3.05) is 27.2 Å². The van der Waals surface area contributed by atoms with Crippen LogP contribution in [0.5, 0.6) is 5.75 Å². The maximum absolute atomic E-state index is 11.7. The SMILES string of the molecule is CCCCOc1cccc(CNC(=NC)NCCc2cccc(C(=O)NC)c2)c1. The fourth-order valence-corrected chi connectivity index (χ4v) is 2.82. The number of carbonyl (C=O) groups is 1. The fourth-order valence-electron chi connectivity index (χ4n) is 2.82. The average molecular weight is 397 g/mol. The number of nitrogens with zero attached hydrogens (tertiary/aromatic N) is 1. The van der Waals surface area contributed by atoms with Gasteiger partial charge >= 0.3 is 0 Å². The van der Waals surface area contributed by atoms with Crippen LogP contribution in [0.3, 0.4) is 0 Å². The summed E-state index contributed by atoms with van der Waals surface area (Å²) in [4.78, 5) is 16.0. The van der Waals surface area contributed by atoms with E-state index in [1.165, 1.54) is 0 Å². The molecule has 0 aromatic heterocycles. The van der Waals surface area contributed by atoms with E-state index in [1.807, 2.05) is 36.4 Å². The van der Waals surface area contributed by atoms with Crippen molar-refractivity contribution in [3.63, 3.8) is 0 Å². The minimum Gasteiger partial charge on any atom is -0.494 e. The topological polar surface area (TPSA) is 74.8 Å².